The number of nitrogens with one attached hydrogen (secondary N) is 3. The summed E-state index contributed by atoms with van der Waals surface area (Å²) in [5, 5.41) is 13.6. The number of hydrogen-bond donors (Lipinski definition) is 3. The molecule has 218 valence electrons. The molecule has 6 aromatic rings. The predicted octanol–water partition coefficient (Wildman–Crippen LogP) is 5.44. The zero-order valence-electron chi connectivity index (χ0n) is 24.1. The fraction of sp³-hybridized carbons (Fsp3) is 0.200. The lowest BCUT2D eigenvalue weighted by molar-refractivity contribution is 0.262. The average Bonchev–Trinajstić information content (AvgIpc) is 3.63. The Kier molecular flexibility index (Phi) is 6.64. The molecule has 43 heavy (non-hydrogen) atoms. The monoisotopic (exact) mass is 581 g/mol. The molecule has 6 rings (SSSR count). The first kappa shape index (κ1) is 27.6. The number of rotatable bonds is 5. The van der Waals surface area contributed by atoms with Crippen molar-refractivity contribution in [2.24, 2.45) is 7.05 Å². The van der Waals surface area contributed by atoms with Gasteiger partial charge in [0.15, 0.2) is 12.0 Å². The SMILES string of the molecule is CNc1ncc2cc(-c3ccc(F)c(NC(=O)Nc4cc(C(C)(C)C)nn4-c4ccc5ocnc5c4)c3)c(=O)n(C)c2n1. The lowest BCUT2D eigenvalue weighted by Crippen LogP contribution is -2.22. The molecule has 0 saturated heterocycles. The molecular weight excluding hydrogens is 553 g/mol. The van der Waals surface area contributed by atoms with Gasteiger partial charge in [-0.15, -0.1) is 0 Å². The molecule has 4 aromatic heterocycles. The second kappa shape index (κ2) is 10.4. The number of anilines is 3. The van der Waals surface area contributed by atoms with E-state index in [1.54, 1.807) is 55.3 Å². The maximum Gasteiger partial charge on any atom is 0.324 e. The lowest BCUT2D eigenvalue weighted by atomic mass is 9.92. The van der Waals surface area contributed by atoms with E-state index in [1.165, 1.54) is 29.2 Å². The minimum Gasteiger partial charge on any atom is -0.443 e. The first-order chi connectivity index (χ1) is 20.5. The Labute approximate surface area is 244 Å². The number of nitrogens with zero attached hydrogens (tertiary/aromatic N) is 6. The summed E-state index contributed by atoms with van der Waals surface area (Å²) in [6.45, 7) is 6.02. The molecule has 2 aromatic carbocycles. The van der Waals surface area contributed by atoms with E-state index in [2.05, 4.69) is 30.9 Å². The number of amides is 2. The number of carbonyl (C=O) groups excluding carboxylic acids is 1. The predicted molar refractivity (Wildman–Crippen MR) is 162 cm³/mol. The molecule has 4 heterocycles. The Bertz CT molecular complexity index is 2090. The van der Waals surface area contributed by atoms with Crippen LogP contribution >= 0.6 is 0 Å². The van der Waals surface area contributed by atoms with Crippen molar-refractivity contribution in [1.29, 1.82) is 0 Å². The third-order valence-electron chi connectivity index (χ3n) is 6.98. The number of pyridine rings is 1. The van der Waals surface area contributed by atoms with Gasteiger partial charge in [-0.05, 0) is 42.0 Å². The molecule has 0 atom stereocenters. The van der Waals surface area contributed by atoms with Gasteiger partial charge in [-0.25, -0.2) is 23.8 Å². The number of aryl methyl sites for hydroxylation is 1. The van der Waals surface area contributed by atoms with Gasteiger partial charge in [0.1, 0.15) is 22.8 Å². The number of hydrogen-bond acceptors (Lipinski definition) is 8. The van der Waals surface area contributed by atoms with Crippen molar-refractivity contribution in [1.82, 2.24) is 29.3 Å². The number of halogens is 1. The molecule has 0 spiro atoms. The van der Waals surface area contributed by atoms with Gasteiger partial charge in [0.05, 0.1) is 17.1 Å². The largest absolute Gasteiger partial charge is 0.443 e. The van der Waals surface area contributed by atoms with Crippen LogP contribution in [-0.2, 0) is 12.5 Å². The molecule has 13 heteroatoms. The fourth-order valence-electron chi connectivity index (χ4n) is 4.64. The standard InChI is InChI=1S/C30H28FN9O3/c1-30(2,3)24-13-25(40(38-24)18-7-9-23-22(12-18)34-15-43-23)36-29(42)35-21-11-16(6-8-20(21)31)19-10-17-14-33-28(32-4)37-26(17)39(5)27(19)41/h6-15H,1-5H3,(H,32,33,37)(H2,35,36,42). The van der Waals surface area contributed by atoms with Gasteiger partial charge in [0, 0.05) is 42.7 Å². The highest BCUT2D eigenvalue weighted by atomic mass is 19.1. The van der Waals surface area contributed by atoms with Crippen LogP contribution in [0.5, 0.6) is 0 Å². The zero-order chi connectivity index (χ0) is 30.5. The summed E-state index contributed by atoms with van der Waals surface area (Å²) >= 11 is 0. The van der Waals surface area contributed by atoms with Gasteiger partial charge in [-0.3, -0.25) is 14.7 Å². The van der Waals surface area contributed by atoms with Crippen LogP contribution in [0.4, 0.5) is 26.6 Å². The molecule has 3 N–H and O–H groups in total. The number of urea groups is 1. The highest BCUT2D eigenvalue weighted by Crippen LogP contribution is 2.29. The van der Waals surface area contributed by atoms with Gasteiger partial charge in [-0.2, -0.15) is 10.1 Å². The summed E-state index contributed by atoms with van der Waals surface area (Å²) in [6, 6.07) is 12.2. The first-order valence-corrected chi connectivity index (χ1v) is 13.4. The van der Waals surface area contributed by atoms with Crippen LogP contribution in [0.2, 0.25) is 0 Å². The summed E-state index contributed by atoms with van der Waals surface area (Å²) in [4.78, 5) is 39.2. The van der Waals surface area contributed by atoms with Crippen LogP contribution in [0.3, 0.4) is 0 Å². The summed E-state index contributed by atoms with van der Waals surface area (Å²) < 4.78 is 23.3. The lowest BCUT2D eigenvalue weighted by Gasteiger charge is -2.14. The quantitative estimate of drug-likeness (QED) is 0.244. The van der Waals surface area contributed by atoms with Crippen molar-refractivity contribution in [2.75, 3.05) is 23.0 Å². The molecule has 0 saturated carbocycles. The number of benzene rings is 2. The van der Waals surface area contributed by atoms with E-state index >= 15 is 0 Å². The zero-order valence-corrected chi connectivity index (χ0v) is 24.1. The number of fused-ring (bicyclic) bond motifs is 2. The van der Waals surface area contributed by atoms with Gasteiger partial charge >= 0.3 is 6.03 Å². The third kappa shape index (κ3) is 5.16. The Morgan fingerprint density at radius 2 is 1.84 bits per heavy atom. The summed E-state index contributed by atoms with van der Waals surface area (Å²) in [5.74, 6) is 0.0780. The van der Waals surface area contributed by atoms with Crippen LogP contribution in [0.1, 0.15) is 26.5 Å². The van der Waals surface area contributed by atoms with Crippen LogP contribution in [-0.4, -0.2) is 42.4 Å². The van der Waals surface area contributed by atoms with E-state index < -0.39 is 11.8 Å². The summed E-state index contributed by atoms with van der Waals surface area (Å²) in [6.07, 6.45) is 2.96. The van der Waals surface area contributed by atoms with E-state index in [0.29, 0.717) is 50.7 Å². The molecule has 0 aliphatic carbocycles. The third-order valence-corrected chi connectivity index (χ3v) is 6.98. The molecule has 12 nitrogen and oxygen atoms in total. The number of aromatic nitrogens is 6. The van der Waals surface area contributed by atoms with Crippen LogP contribution in [0.25, 0.3) is 38.9 Å². The number of oxazole rings is 1. The molecular formula is C30H28FN9O3. The van der Waals surface area contributed by atoms with Crippen molar-refractivity contribution < 1.29 is 13.6 Å². The Morgan fingerprint density at radius 1 is 1.02 bits per heavy atom. The van der Waals surface area contributed by atoms with Crippen molar-refractivity contribution >= 4 is 45.6 Å². The van der Waals surface area contributed by atoms with Gasteiger partial charge in [0.2, 0.25) is 5.95 Å². The minimum absolute atomic E-state index is 0.106. The van der Waals surface area contributed by atoms with E-state index in [4.69, 9.17) is 9.52 Å². The van der Waals surface area contributed by atoms with Gasteiger partial charge < -0.3 is 15.1 Å². The van der Waals surface area contributed by atoms with Crippen molar-refractivity contribution in [3.63, 3.8) is 0 Å². The highest BCUT2D eigenvalue weighted by Gasteiger charge is 2.22. The van der Waals surface area contributed by atoms with Crippen molar-refractivity contribution in [3.05, 3.63) is 83.0 Å². The second-order valence-electron chi connectivity index (χ2n) is 11.0. The van der Waals surface area contributed by atoms with E-state index in [-0.39, 0.29) is 16.7 Å². The first-order valence-electron chi connectivity index (χ1n) is 13.4. The minimum atomic E-state index is -0.695. The fourth-order valence-corrected chi connectivity index (χ4v) is 4.64. The molecule has 0 aliphatic rings. The van der Waals surface area contributed by atoms with Crippen LogP contribution < -0.4 is 21.5 Å². The van der Waals surface area contributed by atoms with E-state index in [1.807, 2.05) is 20.8 Å². The molecule has 0 aliphatic heterocycles. The second-order valence-corrected chi connectivity index (χ2v) is 11.0. The van der Waals surface area contributed by atoms with Gasteiger partial charge in [0.25, 0.3) is 5.56 Å². The maximum atomic E-state index is 14.9. The molecule has 0 fully saturated rings. The van der Waals surface area contributed by atoms with Crippen molar-refractivity contribution in [3.8, 4) is 16.8 Å². The topological polar surface area (TPSA) is 145 Å². The summed E-state index contributed by atoms with van der Waals surface area (Å²) in [5.41, 5.74) is 3.03. The molecule has 0 bridgehead atoms. The highest BCUT2D eigenvalue weighted by molar-refractivity contribution is 6.00. The summed E-state index contributed by atoms with van der Waals surface area (Å²) in [7, 11) is 3.29. The van der Waals surface area contributed by atoms with Crippen LogP contribution in [0.15, 0.2) is 70.3 Å². The average molecular weight is 582 g/mol. The number of carbonyl (C=O) groups is 1. The normalized spacial score (nSPS) is 11.7. The Morgan fingerprint density at radius 3 is 2.60 bits per heavy atom. The van der Waals surface area contributed by atoms with Crippen LogP contribution in [0, 0.1) is 5.82 Å². The Balaban J connectivity index is 1.32. The molecule has 0 radical (unpaired) electrons. The van der Waals surface area contributed by atoms with Crippen molar-refractivity contribution in [2.45, 2.75) is 26.2 Å². The molecule has 2 amide bonds. The maximum absolute atomic E-state index is 14.9. The van der Waals surface area contributed by atoms with E-state index in [9.17, 15) is 14.0 Å². The molecule has 0 unspecified atom stereocenters. The van der Waals surface area contributed by atoms with Gasteiger partial charge in [-0.1, -0.05) is 26.8 Å². The smallest absolute Gasteiger partial charge is 0.324 e. The Hall–Kier alpha value is -5.59. The van der Waals surface area contributed by atoms with E-state index in [0.717, 1.165) is 5.69 Å².